The number of anilines is 2. The van der Waals surface area contributed by atoms with E-state index in [4.69, 9.17) is 14.5 Å². The SMILES string of the molecule is CCc1nc2c(o1)N(C)CC2CC(C)c1cc2n(n1)CCN2C. The highest BCUT2D eigenvalue weighted by atomic mass is 16.4. The number of nitrogens with zero attached hydrogens (tertiary/aromatic N) is 5. The average molecular weight is 315 g/mol. The molecule has 0 saturated carbocycles. The van der Waals surface area contributed by atoms with Crippen LogP contribution in [0.1, 0.15) is 49.4 Å². The van der Waals surface area contributed by atoms with Crippen LogP contribution in [0.3, 0.4) is 0 Å². The maximum absolute atomic E-state index is 5.86. The Bertz CT molecular complexity index is 719. The van der Waals surface area contributed by atoms with Gasteiger partial charge in [-0.2, -0.15) is 5.10 Å². The fourth-order valence-electron chi connectivity index (χ4n) is 3.79. The summed E-state index contributed by atoms with van der Waals surface area (Å²) in [4.78, 5) is 9.18. The summed E-state index contributed by atoms with van der Waals surface area (Å²) in [5.74, 6) is 3.91. The molecule has 2 unspecified atom stereocenters. The molecule has 0 N–H and O–H groups in total. The number of hydrogen-bond acceptors (Lipinski definition) is 5. The molecule has 4 heterocycles. The van der Waals surface area contributed by atoms with E-state index in [-0.39, 0.29) is 0 Å². The van der Waals surface area contributed by atoms with Crippen molar-refractivity contribution in [2.45, 2.75) is 45.1 Å². The second-order valence-corrected chi connectivity index (χ2v) is 6.94. The van der Waals surface area contributed by atoms with Gasteiger partial charge in [-0.3, -0.25) is 0 Å². The molecule has 0 fully saturated rings. The van der Waals surface area contributed by atoms with Crippen molar-refractivity contribution >= 4 is 11.7 Å². The fourth-order valence-corrected chi connectivity index (χ4v) is 3.79. The highest BCUT2D eigenvalue weighted by molar-refractivity contribution is 5.49. The van der Waals surface area contributed by atoms with Crippen LogP contribution in [0.15, 0.2) is 10.5 Å². The van der Waals surface area contributed by atoms with Crippen LogP contribution in [0.5, 0.6) is 0 Å². The maximum atomic E-state index is 5.86. The van der Waals surface area contributed by atoms with Crippen molar-refractivity contribution in [1.82, 2.24) is 14.8 Å². The van der Waals surface area contributed by atoms with Crippen molar-refractivity contribution in [3.05, 3.63) is 23.3 Å². The monoisotopic (exact) mass is 315 g/mol. The Morgan fingerprint density at radius 2 is 2.13 bits per heavy atom. The van der Waals surface area contributed by atoms with Gasteiger partial charge in [-0.05, 0) is 6.42 Å². The first-order valence-electron chi connectivity index (χ1n) is 8.56. The summed E-state index contributed by atoms with van der Waals surface area (Å²) in [6, 6.07) is 2.25. The molecule has 0 radical (unpaired) electrons. The number of rotatable bonds is 4. The summed E-state index contributed by atoms with van der Waals surface area (Å²) in [5, 5.41) is 4.80. The molecule has 0 aliphatic carbocycles. The van der Waals surface area contributed by atoms with Crippen molar-refractivity contribution in [3.63, 3.8) is 0 Å². The standard InChI is InChI=1S/C17H25N5O/c1-5-14-18-16-12(10-21(4)17(16)23-14)8-11(2)13-9-15-20(3)6-7-22(15)19-13/h9,11-12H,5-8,10H2,1-4H3. The van der Waals surface area contributed by atoms with Gasteiger partial charge < -0.3 is 14.2 Å². The third-order valence-corrected chi connectivity index (χ3v) is 5.17. The number of hydrogen-bond donors (Lipinski definition) is 0. The lowest BCUT2D eigenvalue weighted by atomic mass is 9.92. The highest BCUT2D eigenvalue weighted by Crippen LogP contribution is 2.41. The third-order valence-electron chi connectivity index (χ3n) is 5.17. The molecule has 0 spiro atoms. The molecule has 2 aliphatic rings. The Balaban J connectivity index is 1.52. The predicted octanol–water partition coefficient (Wildman–Crippen LogP) is 2.61. The molecule has 23 heavy (non-hydrogen) atoms. The van der Waals surface area contributed by atoms with E-state index in [1.54, 1.807) is 0 Å². The molecule has 4 rings (SSSR count). The summed E-state index contributed by atoms with van der Waals surface area (Å²) in [7, 11) is 4.23. The lowest BCUT2D eigenvalue weighted by molar-refractivity contribution is 0.492. The summed E-state index contributed by atoms with van der Waals surface area (Å²) < 4.78 is 7.99. The zero-order chi connectivity index (χ0) is 16.1. The largest absolute Gasteiger partial charge is 0.425 e. The second kappa shape index (κ2) is 5.28. The van der Waals surface area contributed by atoms with Gasteiger partial charge >= 0.3 is 0 Å². The van der Waals surface area contributed by atoms with Gasteiger partial charge in [-0.25, -0.2) is 9.67 Å². The molecule has 0 aromatic carbocycles. The summed E-state index contributed by atoms with van der Waals surface area (Å²) in [6.07, 6.45) is 1.91. The van der Waals surface area contributed by atoms with Crippen LogP contribution in [0.25, 0.3) is 0 Å². The smallest absolute Gasteiger partial charge is 0.219 e. The number of oxazole rings is 1. The van der Waals surface area contributed by atoms with Crippen LogP contribution in [-0.4, -0.2) is 41.9 Å². The minimum absolute atomic E-state index is 0.424. The Morgan fingerprint density at radius 1 is 1.30 bits per heavy atom. The van der Waals surface area contributed by atoms with E-state index in [0.717, 1.165) is 49.9 Å². The molecule has 0 bridgehead atoms. The lowest BCUT2D eigenvalue weighted by Crippen LogP contribution is -2.17. The molecule has 6 nitrogen and oxygen atoms in total. The van der Waals surface area contributed by atoms with Gasteiger partial charge in [-0.1, -0.05) is 13.8 Å². The quantitative estimate of drug-likeness (QED) is 0.868. The normalized spacial score (nSPS) is 21.0. The third kappa shape index (κ3) is 2.31. The van der Waals surface area contributed by atoms with Gasteiger partial charge in [0.15, 0.2) is 5.89 Å². The average Bonchev–Trinajstić information content (AvgIpc) is 3.25. The van der Waals surface area contributed by atoms with Crippen molar-refractivity contribution < 1.29 is 4.42 Å². The molecule has 2 atom stereocenters. The van der Waals surface area contributed by atoms with Crippen molar-refractivity contribution in [2.24, 2.45) is 0 Å². The first-order valence-corrected chi connectivity index (χ1v) is 8.56. The Morgan fingerprint density at radius 3 is 2.87 bits per heavy atom. The van der Waals surface area contributed by atoms with Crippen LogP contribution in [-0.2, 0) is 13.0 Å². The van der Waals surface area contributed by atoms with E-state index in [1.165, 1.54) is 11.5 Å². The van der Waals surface area contributed by atoms with E-state index < -0.39 is 0 Å². The van der Waals surface area contributed by atoms with E-state index in [1.807, 2.05) is 0 Å². The number of aromatic nitrogens is 3. The molecule has 124 valence electrons. The first-order chi connectivity index (χ1) is 11.1. The molecule has 2 aromatic rings. The van der Waals surface area contributed by atoms with E-state index in [0.29, 0.717) is 11.8 Å². The zero-order valence-electron chi connectivity index (χ0n) is 14.4. The second-order valence-electron chi connectivity index (χ2n) is 6.94. The summed E-state index contributed by atoms with van der Waals surface area (Å²) in [5.41, 5.74) is 2.34. The molecular weight excluding hydrogens is 290 g/mol. The molecule has 0 amide bonds. The van der Waals surface area contributed by atoms with Gasteiger partial charge in [0.1, 0.15) is 11.5 Å². The fraction of sp³-hybridized carbons (Fsp3) is 0.647. The van der Waals surface area contributed by atoms with Gasteiger partial charge in [0.25, 0.3) is 0 Å². The van der Waals surface area contributed by atoms with E-state index in [9.17, 15) is 0 Å². The first kappa shape index (κ1) is 14.6. The minimum Gasteiger partial charge on any atom is -0.425 e. The molecule has 6 heteroatoms. The van der Waals surface area contributed by atoms with Crippen LogP contribution >= 0.6 is 0 Å². The number of likely N-dealkylation sites (N-methyl/N-ethyl adjacent to an activating group) is 2. The molecule has 2 aliphatic heterocycles. The Kier molecular flexibility index (Phi) is 3.36. The topological polar surface area (TPSA) is 50.3 Å². The van der Waals surface area contributed by atoms with Crippen molar-refractivity contribution in [2.75, 3.05) is 37.0 Å². The maximum Gasteiger partial charge on any atom is 0.219 e. The Hall–Kier alpha value is -1.98. The van der Waals surface area contributed by atoms with Gasteiger partial charge in [-0.15, -0.1) is 0 Å². The minimum atomic E-state index is 0.424. The van der Waals surface area contributed by atoms with Gasteiger partial charge in [0.05, 0.1) is 12.2 Å². The van der Waals surface area contributed by atoms with Crippen LogP contribution in [0.2, 0.25) is 0 Å². The molecule has 0 saturated heterocycles. The summed E-state index contributed by atoms with van der Waals surface area (Å²) >= 11 is 0. The van der Waals surface area contributed by atoms with E-state index >= 15 is 0 Å². The van der Waals surface area contributed by atoms with Crippen molar-refractivity contribution in [1.29, 1.82) is 0 Å². The Labute approximate surface area is 137 Å². The van der Waals surface area contributed by atoms with Crippen LogP contribution in [0, 0.1) is 0 Å². The van der Waals surface area contributed by atoms with Crippen LogP contribution < -0.4 is 9.80 Å². The van der Waals surface area contributed by atoms with Crippen molar-refractivity contribution in [3.8, 4) is 0 Å². The number of aryl methyl sites for hydroxylation is 1. The predicted molar refractivity (Wildman–Crippen MR) is 90.4 cm³/mol. The van der Waals surface area contributed by atoms with Crippen LogP contribution in [0.4, 0.5) is 11.7 Å². The van der Waals surface area contributed by atoms with E-state index in [2.05, 4.69) is 48.5 Å². The molecular formula is C17H25N5O. The van der Waals surface area contributed by atoms with Gasteiger partial charge in [0.2, 0.25) is 5.88 Å². The summed E-state index contributed by atoms with van der Waals surface area (Å²) in [6.45, 7) is 7.41. The number of fused-ring (bicyclic) bond motifs is 2. The lowest BCUT2D eigenvalue weighted by Gasteiger charge is -2.16. The zero-order valence-corrected chi connectivity index (χ0v) is 14.4. The van der Waals surface area contributed by atoms with Gasteiger partial charge in [0, 0.05) is 51.5 Å². The highest BCUT2D eigenvalue weighted by Gasteiger charge is 2.34. The molecule has 2 aromatic heterocycles.